The molecule has 1 N–H and O–H groups in total. The highest BCUT2D eigenvalue weighted by Gasteiger charge is 2.20. The molecular formula is C22H21F2NO2. The highest BCUT2D eigenvalue weighted by molar-refractivity contribution is 5.88. The van der Waals surface area contributed by atoms with Gasteiger partial charge in [-0.25, -0.2) is 8.78 Å². The van der Waals surface area contributed by atoms with E-state index >= 15 is 0 Å². The lowest BCUT2D eigenvalue weighted by Crippen LogP contribution is -2.31. The average Bonchev–Trinajstić information content (AvgIpc) is 2.66. The van der Waals surface area contributed by atoms with Crippen molar-refractivity contribution in [2.24, 2.45) is 0 Å². The fourth-order valence-corrected chi connectivity index (χ4v) is 3.06. The first-order valence-corrected chi connectivity index (χ1v) is 8.72. The molecule has 2 atom stereocenters. The third kappa shape index (κ3) is 4.08. The third-order valence-electron chi connectivity index (χ3n) is 4.75. The minimum absolute atomic E-state index is 0.223. The standard InChI is InChI=1S/C22H21F2NO2/c1-13(15-4-5-17-11-19(27-3)8-6-16(17)10-15)22(26)25-14(2)20-9-7-18(23)12-21(20)24/h4-14H,1-3H3,(H,25,26)/t13-,14-/m1/s1. The molecule has 0 spiro atoms. The Morgan fingerprint density at radius 1 is 0.963 bits per heavy atom. The minimum atomic E-state index is -0.671. The minimum Gasteiger partial charge on any atom is -0.497 e. The Morgan fingerprint density at radius 2 is 1.67 bits per heavy atom. The highest BCUT2D eigenvalue weighted by atomic mass is 19.1. The summed E-state index contributed by atoms with van der Waals surface area (Å²) >= 11 is 0. The van der Waals surface area contributed by atoms with Gasteiger partial charge in [-0.05, 0) is 48.4 Å². The van der Waals surface area contributed by atoms with Crippen LogP contribution < -0.4 is 10.1 Å². The summed E-state index contributed by atoms with van der Waals surface area (Å²) in [6, 6.07) is 14.3. The number of benzene rings is 3. The number of hydrogen-bond donors (Lipinski definition) is 1. The molecule has 0 unspecified atom stereocenters. The Labute approximate surface area is 157 Å². The van der Waals surface area contributed by atoms with Gasteiger partial charge in [0.05, 0.1) is 19.1 Å². The van der Waals surface area contributed by atoms with Crippen LogP contribution >= 0.6 is 0 Å². The van der Waals surface area contributed by atoms with E-state index in [0.717, 1.165) is 28.2 Å². The molecule has 3 aromatic rings. The molecule has 3 nitrogen and oxygen atoms in total. The highest BCUT2D eigenvalue weighted by Crippen LogP contribution is 2.26. The van der Waals surface area contributed by atoms with E-state index in [2.05, 4.69) is 5.32 Å². The van der Waals surface area contributed by atoms with E-state index in [9.17, 15) is 13.6 Å². The van der Waals surface area contributed by atoms with Crippen molar-refractivity contribution >= 4 is 16.7 Å². The Kier molecular flexibility index (Phi) is 5.40. The van der Waals surface area contributed by atoms with Crippen LogP contribution in [-0.4, -0.2) is 13.0 Å². The molecule has 27 heavy (non-hydrogen) atoms. The van der Waals surface area contributed by atoms with E-state index in [4.69, 9.17) is 4.74 Å². The van der Waals surface area contributed by atoms with Gasteiger partial charge in [-0.15, -0.1) is 0 Å². The summed E-state index contributed by atoms with van der Waals surface area (Å²) in [6.45, 7) is 3.47. The average molecular weight is 369 g/mol. The van der Waals surface area contributed by atoms with Gasteiger partial charge >= 0.3 is 0 Å². The fourth-order valence-electron chi connectivity index (χ4n) is 3.06. The number of amides is 1. The van der Waals surface area contributed by atoms with Crippen LogP contribution in [0.2, 0.25) is 0 Å². The molecule has 0 radical (unpaired) electrons. The number of ether oxygens (including phenoxy) is 1. The van der Waals surface area contributed by atoms with Gasteiger partial charge in [0.25, 0.3) is 0 Å². The van der Waals surface area contributed by atoms with Crippen molar-refractivity contribution in [1.82, 2.24) is 5.32 Å². The van der Waals surface area contributed by atoms with Gasteiger partial charge in [-0.2, -0.15) is 0 Å². The fraction of sp³-hybridized carbons (Fsp3) is 0.227. The number of carbonyl (C=O) groups is 1. The second kappa shape index (κ2) is 7.74. The largest absolute Gasteiger partial charge is 0.497 e. The molecule has 0 bridgehead atoms. The summed E-state index contributed by atoms with van der Waals surface area (Å²) in [4.78, 5) is 12.6. The molecule has 0 saturated carbocycles. The van der Waals surface area contributed by atoms with Crippen molar-refractivity contribution < 1.29 is 18.3 Å². The molecular weight excluding hydrogens is 348 g/mol. The number of fused-ring (bicyclic) bond motifs is 1. The van der Waals surface area contributed by atoms with Crippen molar-refractivity contribution in [3.05, 3.63) is 77.4 Å². The maximum atomic E-state index is 13.9. The summed E-state index contributed by atoms with van der Waals surface area (Å²) in [7, 11) is 1.62. The lowest BCUT2D eigenvalue weighted by molar-refractivity contribution is -0.122. The summed E-state index contributed by atoms with van der Waals surface area (Å²) < 4.78 is 32.2. The van der Waals surface area contributed by atoms with E-state index in [-0.39, 0.29) is 11.5 Å². The normalized spacial score (nSPS) is 13.2. The van der Waals surface area contributed by atoms with Crippen molar-refractivity contribution in [3.8, 4) is 5.75 Å². The second-order valence-corrected chi connectivity index (χ2v) is 6.59. The molecule has 0 saturated heterocycles. The lowest BCUT2D eigenvalue weighted by Gasteiger charge is -2.19. The molecule has 3 rings (SSSR count). The second-order valence-electron chi connectivity index (χ2n) is 6.59. The topological polar surface area (TPSA) is 38.3 Å². The van der Waals surface area contributed by atoms with Crippen LogP contribution in [0.25, 0.3) is 10.8 Å². The summed E-state index contributed by atoms with van der Waals surface area (Å²) in [5.74, 6) is -1.18. The number of rotatable bonds is 5. The molecule has 0 aliphatic rings. The molecule has 0 fully saturated rings. The van der Waals surface area contributed by atoms with E-state index in [1.165, 1.54) is 12.1 Å². The van der Waals surface area contributed by atoms with Gasteiger partial charge in [0.1, 0.15) is 17.4 Å². The smallest absolute Gasteiger partial charge is 0.227 e. The van der Waals surface area contributed by atoms with E-state index in [1.54, 1.807) is 21.0 Å². The Morgan fingerprint density at radius 3 is 2.37 bits per heavy atom. The van der Waals surface area contributed by atoms with Crippen LogP contribution in [0.3, 0.4) is 0 Å². The van der Waals surface area contributed by atoms with Gasteiger partial charge in [-0.1, -0.05) is 30.3 Å². The first-order valence-electron chi connectivity index (χ1n) is 8.72. The molecule has 140 valence electrons. The zero-order valence-corrected chi connectivity index (χ0v) is 15.4. The first-order chi connectivity index (χ1) is 12.9. The van der Waals surface area contributed by atoms with Crippen LogP contribution in [0.4, 0.5) is 8.78 Å². The first kappa shape index (κ1) is 18.8. The molecule has 0 aromatic heterocycles. The number of nitrogens with one attached hydrogen (secondary N) is 1. The van der Waals surface area contributed by atoms with Crippen LogP contribution in [0.1, 0.15) is 36.9 Å². The third-order valence-corrected chi connectivity index (χ3v) is 4.75. The van der Waals surface area contributed by atoms with Crippen LogP contribution in [0.15, 0.2) is 54.6 Å². The van der Waals surface area contributed by atoms with E-state index in [0.29, 0.717) is 0 Å². The zero-order chi connectivity index (χ0) is 19.6. The molecule has 3 aromatic carbocycles. The van der Waals surface area contributed by atoms with Gasteiger partial charge in [0.15, 0.2) is 0 Å². The quantitative estimate of drug-likeness (QED) is 0.679. The number of methoxy groups -OCH3 is 1. The van der Waals surface area contributed by atoms with Crippen molar-refractivity contribution in [2.45, 2.75) is 25.8 Å². The molecule has 1 amide bonds. The maximum Gasteiger partial charge on any atom is 0.227 e. The predicted octanol–water partition coefficient (Wildman–Crippen LogP) is 5.11. The van der Waals surface area contributed by atoms with E-state index in [1.807, 2.05) is 36.4 Å². The Hall–Kier alpha value is -2.95. The number of carbonyl (C=O) groups excluding carboxylic acids is 1. The number of hydrogen-bond acceptors (Lipinski definition) is 2. The molecule has 0 aliphatic carbocycles. The SMILES string of the molecule is COc1ccc2cc([C@@H](C)C(=O)N[C@H](C)c3ccc(F)cc3F)ccc2c1. The monoisotopic (exact) mass is 369 g/mol. The zero-order valence-electron chi connectivity index (χ0n) is 15.4. The summed E-state index contributed by atoms with van der Waals surface area (Å²) in [5, 5.41) is 4.83. The van der Waals surface area contributed by atoms with Crippen LogP contribution in [0.5, 0.6) is 5.75 Å². The molecule has 0 heterocycles. The Bertz CT molecular complexity index is 987. The van der Waals surface area contributed by atoms with Crippen molar-refractivity contribution in [1.29, 1.82) is 0 Å². The summed E-state index contributed by atoms with van der Waals surface area (Å²) in [6.07, 6.45) is 0. The number of halogens is 2. The van der Waals surface area contributed by atoms with Crippen LogP contribution in [-0.2, 0) is 4.79 Å². The maximum absolute atomic E-state index is 13.9. The van der Waals surface area contributed by atoms with Crippen LogP contribution in [0, 0.1) is 11.6 Å². The predicted molar refractivity (Wildman–Crippen MR) is 102 cm³/mol. The van der Waals surface area contributed by atoms with Gasteiger partial charge in [0.2, 0.25) is 5.91 Å². The Balaban J connectivity index is 1.77. The summed E-state index contributed by atoms with van der Waals surface area (Å²) in [5.41, 5.74) is 1.11. The van der Waals surface area contributed by atoms with Gasteiger partial charge in [0, 0.05) is 11.6 Å². The van der Waals surface area contributed by atoms with Gasteiger partial charge < -0.3 is 10.1 Å². The van der Waals surface area contributed by atoms with Crippen molar-refractivity contribution in [3.63, 3.8) is 0 Å². The van der Waals surface area contributed by atoms with Gasteiger partial charge in [-0.3, -0.25) is 4.79 Å². The molecule has 5 heteroatoms. The van der Waals surface area contributed by atoms with Crippen molar-refractivity contribution in [2.75, 3.05) is 7.11 Å². The molecule has 0 aliphatic heterocycles. The lowest BCUT2D eigenvalue weighted by atomic mass is 9.96. The van der Waals surface area contributed by atoms with E-state index < -0.39 is 23.6 Å².